The molecule has 1 aromatic carbocycles. The maximum absolute atomic E-state index is 12.8. The largest absolute Gasteiger partial charge is 1.00 e. The topological polar surface area (TPSA) is 137 Å². The molecule has 0 amide bonds. The van der Waals surface area contributed by atoms with E-state index in [1.807, 2.05) is 0 Å². The molecule has 1 aliphatic heterocycles. The van der Waals surface area contributed by atoms with Crippen LogP contribution in [0.1, 0.15) is 0 Å². The Labute approximate surface area is 187 Å². The minimum atomic E-state index is -4.51. The van der Waals surface area contributed by atoms with E-state index in [-0.39, 0.29) is 54.1 Å². The summed E-state index contributed by atoms with van der Waals surface area (Å²) in [7, 11) is -5.38. The number of piperazine rings is 1. The van der Waals surface area contributed by atoms with Crippen LogP contribution in [-0.4, -0.2) is 94.5 Å². The Kier molecular flexibility index (Phi) is 9.64. The third-order valence-electron chi connectivity index (χ3n) is 4.19. The Bertz CT molecular complexity index is 855. The molecule has 0 radical (unpaired) electrons. The molecular weight excluding hydrogens is 423 g/mol. The smallest absolute Gasteiger partial charge is 0.748 e. The fourth-order valence-electron chi connectivity index (χ4n) is 2.86. The van der Waals surface area contributed by atoms with Crippen LogP contribution >= 0.6 is 0 Å². The first kappa shape index (κ1) is 25.6. The Morgan fingerprint density at radius 2 is 1.64 bits per heavy atom. The van der Waals surface area contributed by atoms with Crippen molar-refractivity contribution in [3.63, 3.8) is 0 Å². The number of methoxy groups -OCH3 is 2. The molecule has 1 N–H and O–H groups in total. The molecule has 1 atom stereocenters. The Morgan fingerprint density at radius 3 is 2.14 bits per heavy atom. The third-order valence-corrected chi connectivity index (χ3v) is 6.88. The number of aliphatic hydroxyl groups excluding tert-OH is 1. The van der Waals surface area contributed by atoms with Crippen molar-refractivity contribution in [2.45, 2.75) is 11.0 Å². The summed E-state index contributed by atoms with van der Waals surface area (Å²) >= 11 is 0. The summed E-state index contributed by atoms with van der Waals surface area (Å²) < 4.78 is 69.2. The van der Waals surface area contributed by atoms with Crippen LogP contribution in [0, 0.1) is 0 Å². The van der Waals surface area contributed by atoms with E-state index >= 15 is 0 Å². The molecular formula is C15H23N2NaO8S2. The summed E-state index contributed by atoms with van der Waals surface area (Å²) in [4.78, 5) is 1.79. The standard InChI is InChI=1S/C15H24N2O8S2.Na/c1-24-14-4-3-13(9-15(14)25-2)27(22,23)17-7-5-16(6-8-17)10-12(18)11-26(19,20)21;/h3-4,9,12,18H,5-8,10-11H2,1-2H3,(H,19,20,21);/q;+1/p-1. The molecule has 0 spiro atoms. The summed E-state index contributed by atoms with van der Waals surface area (Å²) in [6.07, 6.45) is -1.30. The number of sulfonamides is 1. The zero-order valence-corrected chi connectivity index (χ0v) is 19.7. The zero-order chi connectivity index (χ0) is 20.2. The van der Waals surface area contributed by atoms with E-state index in [2.05, 4.69) is 0 Å². The van der Waals surface area contributed by atoms with Gasteiger partial charge in [-0.25, -0.2) is 16.8 Å². The third kappa shape index (κ3) is 6.82. The predicted octanol–water partition coefficient (Wildman–Crippen LogP) is -4.08. The molecule has 154 valence electrons. The Morgan fingerprint density at radius 1 is 1.07 bits per heavy atom. The number of aliphatic hydroxyl groups is 1. The predicted molar refractivity (Wildman–Crippen MR) is 95.3 cm³/mol. The zero-order valence-electron chi connectivity index (χ0n) is 16.1. The monoisotopic (exact) mass is 446 g/mol. The molecule has 0 bridgehead atoms. The van der Waals surface area contributed by atoms with Crippen molar-refractivity contribution in [3.8, 4) is 11.5 Å². The molecule has 0 saturated carbocycles. The van der Waals surface area contributed by atoms with Crippen molar-refractivity contribution < 1.29 is 65.5 Å². The molecule has 0 aromatic heterocycles. The van der Waals surface area contributed by atoms with Crippen molar-refractivity contribution in [3.05, 3.63) is 18.2 Å². The summed E-state index contributed by atoms with van der Waals surface area (Å²) in [5, 5.41) is 9.67. The minimum absolute atomic E-state index is 0. The number of hydrogen-bond donors (Lipinski definition) is 1. The van der Waals surface area contributed by atoms with Gasteiger partial charge in [-0.05, 0) is 12.1 Å². The fourth-order valence-corrected chi connectivity index (χ4v) is 4.88. The van der Waals surface area contributed by atoms with Crippen molar-refractivity contribution in [1.29, 1.82) is 0 Å². The summed E-state index contributed by atoms with van der Waals surface area (Å²) in [6.45, 7) is 0.956. The molecule has 1 unspecified atom stereocenters. The van der Waals surface area contributed by atoms with Gasteiger partial charge >= 0.3 is 29.6 Å². The van der Waals surface area contributed by atoms with Gasteiger partial charge in [0, 0.05) is 38.8 Å². The number of benzene rings is 1. The molecule has 1 aliphatic rings. The van der Waals surface area contributed by atoms with Crippen molar-refractivity contribution in [2.24, 2.45) is 0 Å². The van der Waals surface area contributed by atoms with Crippen LogP contribution < -0.4 is 39.0 Å². The van der Waals surface area contributed by atoms with E-state index in [0.717, 1.165) is 0 Å². The first-order chi connectivity index (χ1) is 12.6. The van der Waals surface area contributed by atoms with Gasteiger partial charge in [-0.1, -0.05) is 0 Å². The van der Waals surface area contributed by atoms with Gasteiger partial charge in [-0.15, -0.1) is 0 Å². The van der Waals surface area contributed by atoms with E-state index in [1.54, 1.807) is 4.90 Å². The van der Waals surface area contributed by atoms with Crippen LogP contribution in [0.2, 0.25) is 0 Å². The quantitative estimate of drug-likeness (QED) is 0.312. The van der Waals surface area contributed by atoms with Gasteiger partial charge < -0.3 is 19.1 Å². The minimum Gasteiger partial charge on any atom is -0.748 e. The van der Waals surface area contributed by atoms with E-state index in [4.69, 9.17) is 9.47 Å². The van der Waals surface area contributed by atoms with E-state index in [1.165, 1.54) is 36.7 Å². The van der Waals surface area contributed by atoms with E-state index in [9.17, 15) is 26.5 Å². The number of β-amino-alcohol motifs (C(OH)–C–C–N with tert-alkyl or cyclic N) is 1. The second kappa shape index (κ2) is 10.5. The summed E-state index contributed by atoms with van der Waals surface area (Å²) in [6, 6.07) is 4.34. The normalized spacial score (nSPS) is 17.6. The van der Waals surface area contributed by atoms with E-state index in [0.29, 0.717) is 24.6 Å². The van der Waals surface area contributed by atoms with Gasteiger partial charge in [-0.3, -0.25) is 4.90 Å². The van der Waals surface area contributed by atoms with Crippen LogP contribution in [0.25, 0.3) is 0 Å². The van der Waals surface area contributed by atoms with Gasteiger partial charge in [0.15, 0.2) is 11.5 Å². The Hall–Kier alpha value is -0.440. The molecule has 2 rings (SSSR count). The Balaban J connectivity index is 0.00000392. The molecule has 1 aromatic rings. The molecule has 10 nitrogen and oxygen atoms in total. The number of rotatable bonds is 8. The maximum atomic E-state index is 12.8. The van der Waals surface area contributed by atoms with Gasteiger partial charge in [0.2, 0.25) is 10.0 Å². The molecule has 1 fully saturated rings. The summed E-state index contributed by atoms with van der Waals surface area (Å²) in [5.41, 5.74) is 0. The van der Waals surface area contributed by atoms with Crippen molar-refractivity contribution in [2.75, 3.05) is 52.7 Å². The SMILES string of the molecule is COc1ccc(S(=O)(=O)N2CCN(CC(O)CS(=O)(=O)[O-])CC2)cc1OC.[Na+]. The number of nitrogens with zero attached hydrogens (tertiary/aromatic N) is 2. The maximum Gasteiger partial charge on any atom is 1.00 e. The molecule has 0 aliphatic carbocycles. The van der Waals surface area contributed by atoms with Crippen LogP contribution in [0.5, 0.6) is 11.5 Å². The summed E-state index contributed by atoms with van der Waals surface area (Å²) in [5.74, 6) is -0.139. The molecule has 13 heteroatoms. The van der Waals surface area contributed by atoms with Gasteiger partial charge in [0.25, 0.3) is 0 Å². The molecule has 1 saturated heterocycles. The second-order valence-electron chi connectivity index (χ2n) is 6.10. The fraction of sp³-hybridized carbons (Fsp3) is 0.600. The number of hydrogen-bond acceptors (Lipinski definition) is 9. The van der Waals surface area contributed by atoms with Gasteiger partial charge in [0.05, 0.1) is 41.1 Å². The second-order valence-corrected chi connectivity index (χ2v) is 9.49. The number of ether oxygens (including phenoxy) is 2. The molecule has 1 heterocycles. The first-order valence-corrected chi connectivity index (χ1v) is 11.1. The average molecular weight is 446 g/mol. The van der Waals surface area contributed by atoms with Gasteiger partial charge in [-0.2, -0.15) is 4.31 Å². The van der Waals surface area contributed by atoms with Crippen LogP contribution in [0.4, 0.5) is 0 Å². The first-order valence-electron chi connectivity index (χ1n) is 8.13. The molecule has 28 heavy (non-hydrogen) atoms. The van der Waals surface area contributed by atoms with Gasteiger partial charge in [0.1, 0.15) is 0 Å². The average Bonchev–Trinajstić information content (AvgIpc) is 2.59. The van der Waals surface area contributed by atoms with Crippen molar-refractivity contribution in [1.82, 2.24) is 9.21 Å². The van der Waals surface area contributed by atoms with E-state index < -0.39 is 32.0 Å². The van der Waals surface area contributed by atoms with Crippen LogP contribution in [0.3, 0.4) is 0 Å². The van der Waals surface area contributed by atoms with Crippen LogP contribution in [-0.2, 0) is 20.1 Å². The van der Waals surface area contributed by atoms with Crippen molar-refractivity contribution >= 4 is 20.1 Å². The van der Waals surface area contributed by atoms with Crippen LogP contribution in [0.15, 0.2) is 23.1 Å².